The van der Waals surface area contributed by atoms with Gasteiger partial charge in [-0.3, -0.25) is 0 Å². The molecular weight excluding hydrogens is 196 g/mol. The Kier molecular flexibility index (Phi) is 1.81. The zero-order valence-electron chi connectivity index (χ0n) is 8.22. The van der Waals surface area contributed by atoms with Crippen molar-refractivity contribution in [3.63, 3.8) is 0 Å². The average molecular weight is 208 g/mol. The third-order valence-electron chi connectivity index (χ3n) is 3.52. The number of fused-ring (bicyclic) bond motifs is 1. The number of aromatic carboxylic acids is 1. The molecule has 3 rings (SSSR count). The second kappa shape index (κ2) is 3.05. The summed E-state index contributed by atoms with van der Waals surface area (Å²) < 4.78 is 4.99. The van der Waals surface area contributed by atoms with Crippen LogP contribution in [0.15, 0.2) is 4.52 Å². The molecule has 3 atom stereocenters. The first-order valence-corrected chi connectivity index (χ1v) is 5.31. The zero-order chi connectivity index (χ0) is 10.4. The molecule has 0 saturated heterocycles. The molecule has 5 nitrogen and oxygen atoms in total. The molecule has 1 heterocycles. The van der Waals surface area contributed by atoms with Crippen molar-refractivity contribution in [3.8, 4) is 0 Å². The van der Waals surface area contributed by atoms with E-state index in [9.17, 15) is 4.79 Å². The summed E-state index contributed by atoms with van der Waals surface area (Å²) in [7, 11) is 0. The van der Waals surface area contributed by atoms with Crippen molar-refractivity contribution in [2.45, 2.75) is 31.6 Å². The molecule has 2 saturated carbocycles. The smallest absolute Gasteiger partial charge is 0.377 e. The highest BCUT2D eigenvalue weighted by Crippen LogP contribution is 2.53. The van der Waals surface area contributed by atoms with Crippen LogP contribution < -0.4 is 0 Å². The first kappa shape index (κ1) is 8.88. The monoisotopic (exact) mass is 208 g/mol. The highest BCUT2D eigenvalue weighted by Gasteiger charge is 2.43. The Morgan fingerprint density at radius 3 is 2.87 bits per heavy atom. The molecule has 2 aliphatic carbocycles. The minimum absolute atomic E-state index is 0.220. The van der Waals surface area contributed by atoms with Crippen molar-refractivity contribution in [2.75, 3.05) is 0 Å². The van der Waals surface area contributed by atoms with Gasteiger partial charge in [0.1, 0.15) is 0 Å². The van der Waals surface area contributed by atoms with Crippen molar-refractivity contribution < 1.29 is 14.4 Å². The number of aromatic nitrogens is 2. The SMILES string of the molecule is O=C(O)c1noc(C2CC[C@@H]3C[C@@H]3C2)n1. The minimum atomic E-state index is -1.12. The molecule has 1 aromatic rings. The maximum atomic E-state index is 10.6. The largest absolute Gasteiger partial charge is 0.475 e. The van der Waals surface area contributed by atoms with E-state index in [0.717, 1.165) is 24.7 Å². The molecule has 1 N–H and O–H groups in total. The van der Waals surface area contributed by atoms with Gasteiger partial charge in [-0.1, -0.05) is 0 Å². The number of carbonyl (C=O) groups is 1. The van der Waals surface area contributed by atoms with Crippen LogP contribution in [0.1, 0.15) is 48.1 Å². The molecule has 1 unspecified atom stereocenters. The van der Waals surface area contributed by atoms with E-state index in [1.165, 1.54) is 12.8 Å². The van der Waals surface area contributed by atoms with E-state index in [1.807, 2.05) is 0 Å². The molecule has 5 heteroatoms. The first-order chi connectivity index (χ1) is 7.24. The summed E-state index contributed by atoms with van der Waals surface area (Å²) in [4.78, 5) is 14.5. The van der Waals surface area contributed by atoms with Crippen LogP contribution in [0.3, 0.4) is 0 Å². The summed E-state index contributed by atoms with van der Waals surface area (Å²) in [5, 5.41) is 12.1. The molecule has 80 valence electrons. The molecule has 15 heavy (non-hydrogen) atoms. The van der Waals surface area contributed by atoms with Crippen LogP contribution in [0, 0.1) is 11.8 Å². The van der Waals surface area contributed by atoms with Crippen molar-refractivity contribution >= 4 is 5.97 Å². The molecule has 0 spiro atoms. The van der Waals surface area contributed by atoms with Gasteiger partial charge in [0, 0.05) is 5.92 Å². The van der Waals surface area contributed by atoms with Crippen LogP contribution in [-0.2, 0) is 0 Å². The summed E-state index contributed by atoms with van der Waals surface area (Å²) in [6.07, 6.45) is 4.70. The van der Waals surface area contributed by atoms with Gasteiger partial charge >= 0.3 is 5.97 Å². The van der Waals surface area contributed by atoms with Crippen LogP contribution in [0.2, 0.25) is 0 Å². The topological polar surface area (TPSA) is 76.2 Å². The molecule has 2 aliphatic rings. The number of carboxylic acid groups (broad SMARTS) is 1. The predicted octanol–water partition coefficient (Wildman–Crippen LogP) is 1.67. The Morgan fingerprint density at radius 1 is 1.33 bits per heavy atom. The molecule has 2 fully saturated rings. The van der Waals surface area contributed by atoms with E-state index >= 15 is 0 Å². The lowest BCUT2D eigenvalue weighted by Gasteiger charge is -2.16. The van der Waals surface area contributed by atoms with Gasteiger partial charge in [-0.05, 0) is 42.7 Å². The number of nitrogens with zero attached hydrogens (tertiary/aromatic N) is 2. The van der Waals surface area contributed by atoms with E-state index in [0.29, 0.717) is 5.89 Å². The molecule has 0 bridgehead atoms. The standard InChI is InChI=1S/C10H12N2O3/c13-10(14)8-11-9(15-12-8)6-2-1-5-3-7(5)4-6/h5-7H,1-4H2,(H,13,14)/t5-,6?,7-/m1/s1. The van der Waals surface area contributed by atoms with Crippen LogP contribution >= 0.6 is 0 Å². The van der Waals surface area contributed by atoms with Crippen molar-refractivity contribution in [1.29, 1.82) is 0 Å². The Morgan fingerprint density at radius 2 is 2.20 bits per heavy atom. The van der Waals surface area contributed by atoms with E-state index in [-0.39, 0.29) is 11.7 Å². The van der Waals surface area contributed by atoms with Crippen LogP contribution in [-0.4, -0.2) is 21.2 Å². The van der Waals surface area contributed by atoms with Gasteiger partial charge in [-0.25, -0.2) is 4.79 Å². The highest BCUT2D eigenvalue weighted by atomic mass is 16.5. The molecule has 0 radical (unpaired) electrons. The summed E-state index contributed by atoms with van der Waals surface area (Å²) in [5.41, 5.74) is 0. The second-order valence-electron chi connectivity index (χ2n) is 4.53. The van der Waals surface area contributed by atoms with Gasteiger partial charge in [0.2, 0.25) is 5.89 Å². The molecule has 0 aromatic carbocycles. The second-order valence-corrected chi connectivity index (χ2v) is 4.53. The highest BCUT2D eigenvalue weighted by molar-refractivity contribution is 5.82. The van der Waals surface area contributed by atoms with E-state index in [4.69, 9.17) is 9.63 Å². The van der Waals surface area contributed by atoms with Gasteiger partial charge in [0.05, 0.1) is 0 Å². The predicted molar refractivity (Wildman–Crippen MR) is 49.4 cm³/mol. The number of hydrogen-bond acceptors (Lipinski definition) is 4. The molecule has 0 amide bonds. The third-order valence-corrected chi connectivity index (χ3v) is 3.52. The Bertz CT molecular complexity index is 401. The zero-order valence-corrected chi connectivity index (χ0v) is 8.22. The third kappa shape index (κ3) is 1.52. The maximum Gasteiger partial charge on any atom is 0.377 e. The van der Waals surface area contributed by atoms with Gasteiger partial charge in [0.15, 0.2) is 0 Å². The van der Waals surface area contributed by atoms with Crippen molar-refractivity contribution in [3.05, 3.63) is 11.7 Å². The van der Waals surface area contributed by atoms with E-state index < -0.39 is 5.97 Å². The summed E-state index contributed by atoms with van der Waals surface area (Å²) in [6.45, 7) is 0. The lowest BCUT2D eigenvalue weighted by Crippen LogP contribution is -2.08. The molecule has 1 aromatic heterocycles. The fraction of sp³-hybridized carbons (Fsp3) is 0.700. The van der Waals surface area contributed by atoms with Gasteiger partial charge in [0.25, 0.3) is 5.82 Å². The minimum Gasteiger partial charge on any atom is -0.475 e. The maximum absolute atomic E-state index is 10.6. The van der Waals surface area contributed by atoms with Crippen molar-refractivity contribution in [2.24, 2.45) is 11.8 Å². The normalized spacial score (nSPS) is 33.5. The van der Waals surface area contributed by atoms with Crippen LogP contribution in [0.25, 0.3) is 0 Å². The lowest BCUT2D eigenvalue weighted by atomic mass is 9.89. The number of rotatable bonds is 2. The quantitative estimate of drug-likeness (QED) is 0.800. The number of carboxylic acids is 1. The summed E-state index contributed by atoms with van der Waals surface area (Å²) in [5.74, 6) is 1.20. The molecule has 0 aliphatic heterocycles. The van der Waals surface area contributed by atoms with Crippen molar-refractivity contribution in [1.82, 2.24) is 10.1 Å². The van der Waals surface area contributed by atoms with E-state index in [2.05, 4.69) is 10.1 Å². The Hall–Kier alpha value is -1.39. The van der Waals surface area contributed by atoms with Crippen LogP contribution in [0.5, 0.6) is 0 Å². The lowest BCUT2D eigenvalue weighted by molar-refractivity contribution is 0.0680. The first-order valence-electron chi connectivity index (χ1n) is 5.31. The molecular formula is C10H12N2O3. The summed E-state index contributed by atoms with van der Waals surface area (Å²) >= 11 is 0. The fourth-order valence-electron chi connectivity index (χ4n) is 2.56. The Labute approximate surface area is 86.5 Å². The van der Waals surface area contributed by atoms with Gasteiger partial charge in [-0.15, -0.1) is 0 Å². The van der Waals surface area contributed by atoms with Gasteiger partial charge in [-0.2, -0.15) is 4.98 Å². The average Bonchev–Trinajstić information content (AvgIpc) is 2.82. The number of hydrogen-bond donors (Lipinski definition) is 1. The fourth-order valence-corrected chi connectivity index (χ4v) is 2.56. The Balaban J connectivity index is 1.77. The summed E-state index contributed by atoms with van der Waals surface area (Å²) in [6, 6.07) is 0. The van der Waals surface area contributed by atoms with Gasteiger partial charge < -0.3 is 9.63 Å². The van der Waals surface area contributed by atoms with Crippen LogP contribution in [0.4, 0.5) is 0 Å². The van der Waals surface area contributed by atoms with E-state index in [1.54, 1.807) is 0 Å².